The maximum Gasteiger partial charge on any atom is 0.144 e. The molecule has 2 atom stereocenters. The fraction of sp³-hybridized carbons (Fsp3) is 0.368. The first-order valence-electron chi connectivity index (χ1n) is 8.21. The van der Waals surface area contributed by atoms with Crippen molar-refractivity contribution >= 4 is 5.82 Å². The van der Waals surface area contributed by atoms with Crippen LogP contribution in [0.5, 0.6) is 0 Å². The Labute approximate surface area is 135 Å². The van der Waals surface area contributed by atoms with Crippen LogP contribution in [0.2, 0.25) is 0 Å². The van der Waals surface area contributed by atoms with Gasteiger partial charge in [-0.25, -0.2) is 4.98 Å². The number of hydrogen-bond acceptors (Lipinski definition) is 4. The van der Waals surface area contributed by atoms with Gasteiger partial charge in [-0.1, -0.05) is 24.3 Å². The monoisotopic (exact) mass is 305 g/mol. The first-order valence-corrected chi connectivity index (χ1v) is 8.21. The summed E-state index contributed by atoms with van der Waals surface area (Å²) in [6.07, 6.45) is 4.45. The zero-order chi connectivity index (χ0) is 15.8. The first-order chi connectivity index (χ1) is 11.3. The molecule has 1 aromatic carbocycles. The highest BCUT2D eigenvalue weighted by atomic mass is 16.3. The van der Waals surface area contributed by atoms with Gasteiger partial charge in [0.2, 0.25) is 0 Å². The van der Waals surface area contributed by atoms with Crippen molar-refractivity contribution in [1.29, 1.82) is 5.26 Å². The number of fused-ring (bicyclic) bond motifs is 2. The lowest BCUT2D eigenvalue weighted by molar-refractivity contribution is 0.165. The van der Waals surface area contributed by atoms with E-state index in [9.17, 15) is 10.4 Å². The molecule has 0 unspecified atom stereocenters. The first kappa shape index (κ1) is 14.2. The third-order valence-electron chi connectivity index (χ3n) is 4.92. The van der Waals surface area contributed by atoms with Crippen molar-refractivity contribution in [3.05, 3.63) is 58.3 Å². The lowest BCUT2D eigenvalue weighted by atomic mass is 9.95. The maximum atomic E-state index is 10.4. The summed E-state index contributed by atoms with van der Waals surface area (Å²) in [6.45, 7) is 0. The number of rotatable bonds is 2. The Bertz CT molecular complexity index is 794. The second kappa shape index (κ2) is 5.68. The predicted molar refractivity (Wildman–Crippen MR) is 88.1 cm³/mol. The van der Waals surface area contributed by atoms with E-state index in [0.717, 1.165) is 36.1 Å². The third kappa shape index (κ3) is 2.47. The molecule has 2 aliphatic carbocycles. The number of anilines is 1. The van der Waals surface area contributed by atoms with Crippen LogP contribution < -0.4 is 5.32 Å². The molecule has 1 heterocycles. The molecular weight excluding hydrogens is 286 g/mol. The Kier molecular flexibility index (Phi) is 3.51. The predicted octanol–water partition coefficient (Wildman–Crippen LogP) is 2.90. The van der Waals surface area contributed by atoms with Crippen LogP contribution in [0.3, 0.4) is 0 Å². The fourth-order valence-corrected chi connectivity index (χ4v) is 3.72. The van der Waals surface area contributed by atoms with E-state index < -0.39 is 6.10 Å². The molecule has 2 N–H and O–H groups in total. The van der Waals surface area contributed by atoms with Crippen LogP contribution in [0, 0.1) is 11.3 Å². The molecule has 0 fully saturated rings. The van der Waals surface area contributed by atoms with E-state index in [-0.39, 0.29) is 6.04 Å². The number of nitrogens with zero attached hydrogens (tertiary/aromatic N) is 2. The average molecular weight is 305 g/mol. The maximum absolute atomic E-state index is 10.4. The van der Waals surface area contributed by atoms with Crippen LogP contribution in [0.15, 0.2) is 30.3 Å². The standard InChI is InChI=1S/C19H19N3O/c20-11-14-9-13-6-2-4-8-16(13)21-19(14)22-18-15-7-3-1-5-12(15)10-17(18)23/h1,3,5,7,9,17-18,23H,2,4,6,8,10H2,(H,21,22)/t17-,18+/m1/s1. The normalized spacial score (nSPS) is 22.1. The van der Waals surface area contributed by atoms with E-state index in [1.54, 1.807) is 0 Å². The number of aliphatic hydroxyl groups excluding tert-OH is 1. The highest BCUT2D eigenvalue weighted by molar-refractivity contribution is 5.57. The molecule has 4 rings (SSSR count). The van der Waals surface area contributed by atoms with Gasteiger partial charge in [-0.2, -0.15) is 5.26 Å². The number of aryl methyl sites for hydroxylation is 2. The summed E-state index contributed by atoms with van der Waals surface area (Å²) in [5, 5.41) is 23.2. The van der Waals surface area contributed by atoms with E-state index in [2.05, 4.69) is 11.4 Å². The Morgan fingerprint density at radius 1 is 1.17 bits per heavy atom. The topological polar surface area (TPSA) is 68.9 Å². The number of nitrogens with one attached hydrogen (secondary N) is 1. The molecule has 116 valence electrons. The van der Waals surface area contributed by atoms with E-state index in [4.69, 9.17) is 4.98 Å². The molecule has 0 aliphatic heterocycles. The minimum atomic E-state index is -0.489. The lowest BCUT2D eigenvalue weighted by Crippen LogP contribution is -2.23. The van der Waals surface area contributed by atoms with Crippen molar-refractivity contribution in [2.75, 3.05) is 5.32 Å². The van der Waals surface area contributed by atoms with Gasteiger partial charge < -0.3 is 10.4 Å². The van der Waals surface area contributed by atoms with Gasteiger partial charge in [-0.3, -0.25) is 0 Å². The van der Waals surface area contributed by atoms with E-state index in [1.807, 2.05) is 30.3 Å². The van der Waals surface area contributed by atoms with Gasteiger partial charge in [0.25, 0.3) is 0 Å². The average Bonchev–Trinajstić information content (AvgIpc) is 2.90. The highest BCUT2D eigenvalue weighted by Gasteiger charge is 2.31. The van der Waals surface area contributed by atoms with E-state index in [0.29, 0.717) is 17.8 Å². The van der Waals surface area contributed by atoms with Crippen molar-refractivity contribution in [3.8, 4) is 6.07 Å². The minimum absolute atomic E-state index is 0.201. The third-order valence-corrected chi connectivity index (χ3v) is 4.92. The number of nitriles is 1. The summed E-state index contributed by atoms with van der Waals surface area (Å²) in [4.78, 5) is 4.71. The number of aromatic nitrogens is 1. The summed E-state index contributed by atoms with van der Waals surface area (Å²) in [6, 6.07) is 12.1. The summed E-state index contributed by atoms with van der Waals surface area (Å²) in [5.41, 5.74) is 5.13. The summed E-state index contributed by atoms with van der Waals surface area (Å²) in [5.74, 6) is 0.605. The fourth-order valence-electron chi connectivity index (χ4n) is 3.72. The summed E-state index contributed by atoms with van der Waals surface area (Å²) < 4.78 is 0. The van der Waals surface area contributed by atoms with Gasteiger partial charge in [-0.05, 0) is 48.4 Å². The molecule has 0 spiro atoms. The SMILES string of the molecule is N#Cc1cc2c(nc1N[C@H]1c3ccccc3C[C@H]1O)CCCC2. The quantitative estimate of drug-likeness (QED) is 0.895. The van der Waals surface area contributed by atoms with Crippen molar-refractivity contribution in [2.45, 2.75) is 44.2 Å². The Morgan fingerprint density at radius 3 is 2.87 bits per heavy atom. The summed E-state index contributed by atoms with van der Waals surface area (Å²) >= 11 is 0. The zero-order valence-electron chi connectivity index (χ0n) is 12.9. The molecule has 0 saturated carbocycles. The molecule has 4 heteroatoms. The molecule has 2 aliphatic rings. The molecular formula is C19H19N3O. The molecule has 0 saturated heterocycles. The molecule has 1 aromatic heterocycles. The highest BCUT2D eigenvalue weighted by Crippen LogP contribution is 2.35. The lowest BCUT2D eigenvalue weighted by Gasteiger charge is -2.22. The number of hydrogen-bond donors (Lipinski definition) is 2. The molecule has 23 heavy (non-hydrogen) atoms. The second-order valence-electron chi connectivity index (χ2n) is 6.40. The largest absolute Gasteiger partial charge is 0.390 e. The summed E-state index contributed by atoms with van der Waals surface area (Å²) in [7, 11) is 0. The Morgan fingerprint density at radius 2 is 2.00 bits per heavy atom. The van der Waals surface area contributed by atoms with Gasteiger partial charge in [0.1, 0.15) is 11.9 Å². The molecule has 2 aromatic rings. The van der Waals surface area contributed by atoms with Crippen molar-refractivity contribution in [2.24, 2.45) is 0 Å². The smallest absolute Gasteiger partial charge is 0.144 e. The van der Waals surface area contributed by atoms with Crippen molar-refractivity contribution in [1.82, 2.24) is 4.98 Å². The van der Waals surface area contributed by atoms with Crippen LogP contribution in [0.4, 0.5) is 5.82 Å². The van der Waals surface area contributed by atoms with Crippen molar-refractivity contribution in [3.63, 3.8) is 0 Å². The van der Waals surface area contributed by atoms with Crippen LogP contribution in [0.1, 0.15) is 46.8 Å². The molecule has 0 radical (unpaired) electrons. The minimum Gasteiger partial charge on any atom is -0.390 e. The Hall–Kier alpha value is -2.38. The van der Waals surface area contributed by atoms with E-state index >= 15 is 0 Å². The van der Waals surface area contributed by atoms with Crippen LogP contribution >= 0.6 is 0 Å². The van der Waals surface area contributed by atoms with Gasteiger partial charge in [0.05, 0.1) is 17.7 Å². The van der Waals surface area contributed by atoms with Gasteiger partial charge in [0, 0.05) is 12.1 Å². The number of benzene rings is 1. The molecule has 0 amide bonds. The van der Waals surface area contributed by atoms with E-state index in [1.165, 1.54) is 12.0 Å². The number of aliphatic hydroxyl groups is 1. The number of pyridine rings is 1. The van der Waals surface area contributed by atoms with Gasteiger partial charge in [0.15, 0.2) is 0 Å². The molecule has 4 nitrogen and oxygen atoms in total. The van der Waals surface area contributed by atoms with Crippen molar-refractivity contribution < 1.29 is 5.11 Å². The second-order valence-corrected chi connectivity index (χ2v) is 6.40. The van der Waals surface area contributed by atoms with Crippen LogP contribution in [-0.4, -0.2) is 16.2 Å². The Balaban J connectivity index is 1.70. The van der Waals surface area contributed by atoms with Crippen LogP contribution in [-0.2, 0) is 19.3 Å². The van der Waals surface area contributed by atoms with Gasteiger partial charge >= 0.3 is 0 Å². The van der Waals surface area contributed by atoms with Gasteiger partial charge in [-0.15, -0.1) is 0 Å². The van der Waals surface area contributed by atoms with Crippen LogP contribution in [0.25, 0.3) is 0 Å². The zero-order valence-corrected chi connectivity index (χ0v) is 12.9. The molecule has 0 bridgehead atoms.